The first-order valence-corrected chi connectivity index (χ1v) is 10.9. The van der Waals surface area contributed by atoms with Gasteiger partial charge in [0, 0.05) is 23.1 Å². The van der Waals surface area contributed by atoms with Crippen molar-refractivity contribution in [1.29, 1.82) is 0 Å². The number of fused-ring (bicyclic) bond motifs is 1. The van der Waals surface area contributed by atoms with E-state index in [2.05, 4.69) is 27.2 Å². The van der Waals surface area contributed by atoms with Gasteiger partial charge in [0.2, 0.25) is 0 Å². The van der Waals surface area contributed by atoms with Gasteiger partial charge in [-0.05, 0) is 30.5 Å². The largest absolute Gasteiger partial charge is 0.367 e. The fourth-order valence-electron chi connectivity index (χ4n) is 4.11. The molecule has 0 amide bonds. The highest BCUT2D eigenvalue weighted by atomic mass is 32.1. The van der Waals surface area contributed by atoms with Crippen LogP contribution in [0.25, 0.3) is 27.5 Å². The standard InChI is InChI=1S/C23H21F2N3S/c24-16-11-12-18(19(25)13-16)21-22(26-17-9-5-2-6-10-17)28-20(14-29-23(28)27-21)15-7-3-1-4-8-15/h1,3-4,7-8,11-14,17,26H,2,5-6,9-10H2. The van der Waals surface area contributed by atoms with Crippen LogP contribution in [0.15, 0.2) is 53.9 Å². The number of hydrogen-bond acceptors (Lipinski definition) is 3. The molecule has 0 saturated heterocycles. The van der Waals surface area contributed by atoms with E-state index in [-0.39, 0.29) is 0 Å². The fraction of sp³-hybridized carbons (Fsp3) is 0.261. The second kappa shape index (κ2) is 7.59. The van der Waals surface area contributed by atoms with E-state index in [1.54, 1.807) is 0 Å². The second-order valence-electron chi connectivity index (χ2n) is 7.52. The van der Waals surface area contributed by atoms with Crippen LogP contribution in [-0.2, 0) is 0 Å². The monoisotopic (exact) mass is 409 g/mol. The zero-order valence-corrected chi connectivity index (χ0v) is 16.7. The van der Waals surface area contributed by atoms with E-state index < -0.39 is 11.6 Å². The highest BCUT2D eigenvalue weighted by molar-refractivity contribution is 7.15. The van der Waals surface area contributed by atoms with Crippen molar-refractivity contribution in [1.82, 2.24) is 9.38 Å². The average Bonchev–Trinajstić information content (AvgIpc) is 3.30. The Labute approximate surface area is 172 Å². The predicted molar refractivity (Wildman–Crippen MR) is 114 cm³/mol. The number of anilines is 1. The first-order valence-electron chi connectivity index (χ1n) is 9.98. The fourth-order valence-corrected chi connectivity index (χ4v) is 5.01. The number of thiazole rings is 1. The first kappa shape index (κ1) is 18.3. The molecule has 0 spiro atoms. The lowest BCUT2D eigenvalue weighted by Crippen LogP contribution is -2.23. The lowest BCUT2D eigenvalue weighted by Gasteiger charge is -2.24. The van der Waals surface area contributed by atoms with E-state index in [0.717, 1.165) is 40.9 Å². The highest BCUT2D eigenvalue weighted by Crippen LogP contribution is 2.38. The summed E-state index contributed by atoms with van der Waals surface area (Å²) in [4.78, 5) is 5.53. The van der Waals surface area contributed by atoms with Crippen LogP contribution >= 0.6 is 11.3 Å². The number of aromatic nitrogens is 2. The van der Waals surface area contributed by atoms with Crippen molar-refractivity contribution in [2.24, 2.45) is 0 Å². The maximum absolute atomic E-state index is 14.6. The van der Waals surface area contributed by atoms with Crippen LogP contribution in [0.1, 0.15) is 32.1 Å². The number of hydrogen-bond donors (Lipinski definition) is 1. The van der Waals surface area contributed by atoms with E-state index >= 15 is 0 Å². The van der Waals surface area contributed by atoms with Crippen LogP contribution in [0.3, 0.4) is 0 Å². The summed E-state index contributed by atoms with van der Waals surface area (Å²) in [5, 5.41) is 5.73. The van der Waals surface area contributed by atoms with Crippen molar-refractivity contribution >= 4 is 22.1 Å². The molecule has 0 aliphatic heterocycles. The molecule has 2 heterocycles. The van der Waals surface area contributed by atoms with E-state index in [1.807, 2.05) is 18.2 Å². The Bertz CT molecular complexity index is 1140. The van der Waals surface area contributed by atoms with Gasteiger partial charge in [0.05, 0.1) is 5.69 Å². The third-order valence-electron chi connectivity index (χ3n) is 5.57. The van der Waals surface area contributed by atoms with Crippen molar-refractivity contribution in [2.75, 3.05) is 5.32 Å². The Morgan fingerprint density at radius 1 is 1.00 bits per heavy atom. The molecule has 1 N–H and O–H groups in total. The predicted octanol–water partition coefficient (Wildman–Crippen LogP) is 6.75. The van der Waals surface area contributed by atoms with Gasteiger partial charge in [0.25, 0.3) is 0 Å². The van der Waals surface area contributed by atoms with Crippen molar-refractivity contribution < 1.29 is 8.78 Å². The molecule has 0 unspecified atom stereocenters. The summed E-state index contributed by atoms with van der Waals surface area (Å²) >= 11 is 1.52. The van der Waals surface area contributed by atoms with E-state index in [4.69, 9.17) is 4.98 Å². The second-order valence-corrected chi connectivity index (χ2v) is 8.35. The molecular formula is C23H21F2N3S. The minimum Gasteiger partial charge on any atom is -0.367 e. The van der Waals surface area contributed by atoms with Crippen LogP contribution in [0.2, 0.25) is 0 Å². The molecule has 148 valence electrons. The van der Waals surface area contributed by atoms with Gasteiger partial charge in [-0.1, -0.05) is 49.6 Å². The van der Waals surface area contributed by atoms with Crippen LogP contribution in [0.5, 0.6) is 0 Å². The van der Waals surface area contributed by atoms with Crippen LogP contribution in [-0.4, -0.2) is 15.4 Å². The molecule has 0 bridgehead atoms. The van der Waals surface area contributed by atoms with Crippen molar-refractivity contribution in [2.45, 2.75) is 38.1 Å². The number of rotatable bonds is 4. The highest BCUT2D eigenvalue weighted by Gasteiger charge is 2.24. The molecule has 1 fully saturated rings. The summed E-state index contributed by atoms with van der Waals surface area (Å²) < 4.78 is 30.2. The molecular weight excluding hydrogens is 388 g/mol. The van der Waals surface area contributed by atoms with E-state index in [0.29, 0.717) is 17.3 Å². The SMILES string of the molecule is Fc1ccc(-c2nc3scc(-c4ccccc4)n3c2NC2CCCCC2)c(F)c1. The van der Waals surface area contributed by atoms with Gasteiger partial charge in [-0.25, -0.2) is 13.8 Å². The Morgan fingerprint density at radius 2 is 1.79 bits per heavy atom. The molecule has 0 atom stereocenters. The first-order chi connectivity index (χ1) is 14.2. The molecule has 1 aliphatic rings. The Kier molecular flexibility index (Phi) is 4.79. The molecule has 3 nitrogen and oxygen atoms in total. The maximum atomic E-state index is 14.6. The molecule has 2 aromatic heterocycles. The van der Waals surface area contributed by atoms with Crippen LogP contribution < -0.4 is 5.32 Å². The maximum Gasteiger partial charge on any atom is 0.196 e. The smallest absolute Gasteiger partial charge is 0.196 e. The Balaban J connectivity index is 1.69. The zero-order valence-electron chi connectivity index (χ0n) is 15.9. The number of nitrogens with one attached hydrogen (secondary N) is 1. The van der Waals surface area contributed by atoms with E-state index in [9.17, 15) is 8.78 Å². The number of imidazole rings is 1. The average molecular weight is 410 g/mol. The zero-order chi connectivity index (χ0) is 19.8. The van der Waals surface area contributed by atoms with Gasteiger partial charge in [-0.15, -0.1) is 11.3 Å². The molecule has 1 saturated carbocycles. The lowest BCUT2D eigenvalue weighted by atomic mass is 9.95. The molecule has 29 heavy (non-hydrogen) atoms. The molecule has 4 aromatic rings. The summed E-state index contributed by atoms with van der Waals surface area (Å²) in [7, 11) is 0. The summed E-state index contributed by atoms with van der Waals surface area (Å²) in [6, 6.07) is 14.1. The summed E-state index contributed by atoms with van der Waals surface area (Å²) in [5.41, 5.74) is 2.95. The van der Waals surface area contributed by atoms with Gasteiger partial charge >= 0.3 is 0 Å². The minimum atomic E-state index is -0.594. The number of halogens is 2. The quantitative estimate of drug-likeness (QED) is 0.404. The van der Waals surface area contributed by atoms with Crippen LogP contribution in [0, 0.1) is 11.6 Å². The van der Waals surface area contributed by atoms with Gasteiger partial charge in [0.15, 0.2) is 4.96 Å². The van der Waals surface area contributed by atoms with E-state index in [1.165, 1.54) is 42.7 Å². The van der Waals surface area contributed by atoms with Gasteiger partial charge in [-0.2, -0.15) is 0 Å². The third kappa shape index (κ3) is 3.42. The van der Waals surface area contributed by atoms with Gasteiger partial charge < -0.3 is 5.32 Å². The van der Waals surface area contributed by atoms with Gasteiger partial charge in [-0.3, -0.25) is 4.40 Å². The molecule has 2 aromatic carbocycles. The van der Waals surface area contributed by atoms with Crippen molar-refractivity contribution in [3.05, 3.63) is 65.5 Å². The van der Waals surface area contributed by atoms with Gasteiger partial charge in [0.1, 0.15) is 23.1 Å². The number of nitrogens with zero attached hydrogens (tertiary/aromatic N) is 2. The molecule has 5 rings (SSSR count). The molecule has 6 heteroatoms. The van der Waals surface area contributed by atoms with Crippen LogP contribution in [0.4, 0.5) is 14.6 Å². The molecule has 1 aliphatic carbocycles. The van der Waals surface area contributed by atoms with Crippen molar-refractivity contribution in [3.8, 4) is 22.5 Å². The topological polar surface area (TPSA) is 29.3 Å². The Hall–Kier alpha value is -2.73. The number of benzene rings is 2. The molecule has 0 radical (unpaired) electrons. The normalized spacial score (nSPS) is 15.1. The lowest BCUT2D eigenvalue weighted by molar-refractivity contribution is 0.462. The third-order valence-corrected chi connectivity index (χ3v) is 6.39. The summed E-state index contributed by atoms with van der Waals surface area (Å²) in [6.07, 6.45) is 5.81. The summed E-state index contributed by atoms with van der Waals surface area (Å²) in [5.74, 6) is -0.389. The minimum absolute atomic E-state index is 0.319. The van der Waals surface area contributed by atoms with Crippen molar-refractivity contribution in [3.63, 3.8) is 0 Å². The Morgan fingerprint density at radius 3 is 2.55 bits per heavy atom. The summed E-state index contributed by atoms with van der Waals surface area (Å²) in [6.45, 7) is 0.